The summed E-state index contributed by atoms with van der Waals surface area (Å²) in [6, 6.07) is 0. The Morgan fingerprint density at radius 3 is 2.76 bits per heavy atom. The number of anilines is 1. The number of hydrogen-bond donors (Lipinski definition) is 1. The number of nitrogen functional groups attached to an aromatic ring is 1. The van der Waals surface area contributed by atoms with Crippen LogP contribution in [0.5, 0.6) is 0 Å². The molecule has 0 amide bonds. The van der Waals surface area contributed by atoms with Gasteiger partial charge in [-0.15, -0.1) is 0 Å². The van der Waals surface area contributed by atoms with E-state index in [-0.39, 0.29) is 23.5 Å². The molecule has 1 unspecified atom stereocenters. The molecule has 17 heavy (non-hydrogen) atoms. The minimum absolute atomic E-state index is 0.126. The van der Waals surface area contributed by atoms with Gasteiger partial charge in [-0.1, -0.05) is 5.16 Å². The SMILES string of the molecule is COC(c1noc(-c2nonc2N)n1)C1CC1. The van der Waals surface area contributed by atoms with E-state index in [1.54, 1.807) is 7.11 Å². The van der Waals surface area contributed by atoms with Gasteiger partial charge in [0.05, 0.1) is 0 Å². The number of hydrogen-bond acceptors (Lipinski definition) is 8. The highest BCUT2D eigenvalue weighted by molar-refractivity contribution is 5.60. The Kier molecular flexibility index (Phi) is 2.29. The average Bonchev–Trinajstić information content (AvgIpc) is 2.87. The topological polar surface area (TPSA) is 113 Å². The van der Waals surface area contributed by atoms with E-state index in [2.05, 4.69) is 25.1 Å². The van der Waals surface area contributed by atoms with Crippen LogP contribution in [0.15, 0.2) is 9.15 Å². The Morgan fingerprint density at radius 2 is 2.18 bits per heavy atom. The first-order valence-corrected chi connectivity index (χ1v) is 5.24. The first-order valence-electron chi connectivity index (χ1n) is 5.24. The maximum Gasteiger partial charge on any atom is 0.284 e. The van der Waals surface area contributed by atoms with Crippen LogP contribution in [-0.4, -0.2) is 27.6 Å². The van der Waals surface area contributed by atoms with E-state index in [0.717, 1.165) is 12.8 Å². The van der Waals surface area contributed by atoms with Crippen molar-refractivity contribution in [2.75, 3.05) is 12.8 Å². The standard InChI is InChI=1S/C9H11N5O3/c1-15-6(4-2-3-4)8-11-9(16-14-8)5-7(10)13-17-12-5/h4,6H,2-3H2,1H3,(H2,10,13). The second-order valence-corrected chi connectivity index (χ2v) is 3.95. The molecule has 1 atom stereocenters. The Morgan fingerprint density at radius 1 is 1.35 bits per heavy atom. The fourth-order valence-electron chi connectivity index (χ4n) is 1.70. The highest BCUT2D eigenvalue weighted by Crippen LogP contribution is 2.42. The van der Waals surface area contributed by atoms with Gasteiger partial charge in [0.1, 0.15) is 6.10 Å². The van der Waals surface area contributed by atoms with Crippen molar-refractivity contribution < 1.29 is 13.9 Å². The van der Waals surface area contributed by atoms with Crippen LogP contribution in [0.2, 0.25) is 0 Å². The summed E-state index contributed by atoms with van der Waals surface area (Å²) in [4.78, 5) is 4.20. The predicted octanol–water partition coefficient (Wildman–Crippen LogP) is 0.799. The van der Waals surface area contributed by atoms with Crippen molar-refractivity contribution in [2.24, 2.45) is 5.92 Å². The molecule has 1 aliphatic rings. The summed E-state index contributed by atoms with van der Waals surface area (Å²) in [7, 11) is 1.63. The Balaban J connectivity index is 1.89. The van der Waals surface area contributed by atoms with Gasteiger partial charge in [0, 0.05) is 7.11 Å². The fraction of sp³-hybridized carbons (Fsp3) is 0.556. The maximum absolute atomic E-state index is 5.54. The Bertz CT molecular complexity index is 518. The van der Waals surface area contributed by atoms with Crippen LogP contribution in [0.1, 0.15) is 24.8 Å². The molecule has 2 aromatic heterocycles. The van der Waals surface area contributed by atoms with Gasteiger partial charge in [-0.05, 0) is 29.1 Å². The second-order valence-electron chi connectivity index (χ2n) is 3.95. The van der Waals surface area contributed by atoms with Crippen LogP contribution in [0.25, 0.3) is 11.6 Å². The molecule has 1 aliphatic carbocycles. The van der Waals surface area contributed by atoms with Crippen molar-refractivity contribution in [1.29, 1.82) is 0 Å². The normalized spacial score (nSPS) is 17.2. The third kappa shape index (κ3) is 1.76. The van der Waals surface area contributed by atoms with Gasteiger partial charge in [0.15, 0.2) is 0 Å². The van der Waals surface area contributed by atoms with Gasteiger partial charge in [-0.2, -0.15) is 4.98 Å². The monoisotopic (exact) mass is 237 g/mol. The van der Waals surface area contributed by atoms with E-state index in [9.17, 15) is 0 Å². The quantitative estimate of drug-likeness (QED) is 0.830. The van der Waals surface area contributed by atoms with E-state index < -0.39 is 0 Å². The molecular weight excluding hydrogens is 226 g/mol. The van der Waals surface area contributed by atoms with Crippen molar-refractivity contribution in [3.8, 4) is 11.6 Å². The fourth-order valence-corrected chi connectivity index (χ4v) is 1.70. The van der Waals surface area contributed by atoms with Gasteiger partial charge in [0.25, 0.3) is 5.89 Å². The summed E-state index contributed by atoms with van der Waals surface area (Å²) in [5, 5.41) is 10.9. The minimum atomic E-state index is -0.131. The Hall–Kier alpha value is -1.96. The molecule has 2 N–H and O–H groups in total. The van der Waals surface area contributed by atoms with Crippen molar-refractivity contribution >= 4 is 5.82 Å². The highest BCUT2D eigenvalue weighted by Gasteiger charge is 2.36. The summed E-state index contributed by atoms with van der Waals surface area (Å²) >= 11 is 0. The molecule has 2 heterocycles. The largest absolute Gasteiger partial charge is 0.379 e. The first kappa shape index (κ1) is 10.2. The van der Waals surface area contributed by atoms with Crippen LogP contribution in [-0.2, 0) is 4.74 Å². The zero-order valence-corrected chi connectivity index (χ0v) is 9.16. The van der Waals surface area contributed by atoms with Crippen molar-refractivity contribution in [1.82, 2.24) is 20.5 Å². The first-order chi connectivity index (χ1) is 8.29. The van der Waals surface area contributed by atoms with Crippen LogP contribution in [0, 0.1) is 5.92 Å². The molecule has 0 radical (unpaired) electrons. The second kappa shape index (κ2) is 3.81. The van der Waals surface area contributed by atoms with E-state index in [1.165, 1.54) is 0 Å². The van der Waals surface area contributed by atoms with Gasteiger partial charge >= 0.3 is 0 Å². The lowest BCUT2D eigenvalue weighted by Gasteiger charge is -2.07. The van der Waals surface area contributed by atoms with Crippen LogP contribution < -0.4 is 5.73 Å². The predicted molar refractivity (Wildman–Crippen MR) is 54.5 cm³/mol. The summed E-state index contributed by atoms with van der Waals surface area (Å²) in [5.74, 6) is 1.30. The van der Waals surface area contributed by atoms with Crippen LogP contribution >= 0.6 is 0 Å². The summed E-state index contributed by atoms with van der Waals surface area (Å²) in [5.41, 5.74) is 5.79. The number of rotatable bonds is 4. The third-order valence-corrected chi connectivity index (χ3v) is 2.72. The zero-order chi connectivity index (χ0) is 11.8. The number of ether oxygens (including phenoxy) is 1. The number of aromatic nitrogens is 4. The minimum Gasteiger partial charge on any atom is -0.379 e. The molecule has 8 heteroatoms. The molecule has 0 saturated heterocycles. The molecule has 2 aromatic rings. The van der Waals surface area contributed by atoms with Gasteiger partial charge in [0.2, 0.25) is 17.3 Å². The molecule has 3 rings (SSSR count). The van der Waals surface area contributed by atoms with Crippen LogP contribution in [0.4, 0.5) is 5.82 Å². The average molecular weight is 237 g/mol. The van der Waals surface area contributed by atoms with Crippen molar-refractivity contribution in [3.05, 3.63) is 5.82 Å². The van der Waals surface area contributed by atoms with E-state index in [1.807, 2.05) is 0 Å². The Labute approximate surface area is 96.1 Å². The third-order valence-electron chi connectivity index (χ3n) is 2.72. The van der Waals surface area contributed by atoms with Gasteiger partial charge < -0.3 is 15.0 Å². The van der Waals surface area contributed by atoms with E-state index >= 15 is 0 Å². The summed E-state index contributed by atoms with van der Waals surface area (Å²) < 4.78 is 14.9. The smallest absolute Gasteiger partial charge is 0.284 e. The molecular formula is C9H11N5O3. The lowest BCUT2D eigenvalue weighted by atomic mass is 10.2. The molecule has 0 aliphatic heterocycles. The molecule has 8 nitrogen and oxygen atoms in total. The molecule has 1 fully saturated rings. The van der Waals surface area contributed by atoms with Crippen LogP contribution in [0.3, 0.4) is 0 Å². The molecule has 0 spiro atoms. The van der Waals surface area contributed by atoms with E-state index in [4.69, 9.17) is 15.0 Å². The lowest BCUT2D eigenvalue weighted by Crippen LogP contribution is -2.05. The number of nitrogens with two attached hydrogens (primary N) is 1. The molecule has 1 saturated carbocycles. The maximum atomic E-state index is 5.54. The lowest BCUT2D eigenvalue weighted by molar-refractivity contribution is 0.0751. The van der Waals surface area contributed by atoms with E-state index in [0.29, 0.717) is 11.7 Å². The van der Waals surface area contributed by atoms with Gasteiger partial charge in [-0.25, -0.2) is 4.63 Å². The van der Waals surface area contributed by atoms with Gasteiger partial charge in [-0.3, -0.25) is 0 Å². The number of nitrogens with zero attached hydrogens (tertiary/aromatic N) is 4. The summed E-state index contributed by atoms with van der Waals surface area (Å²) in [6.07, 6.45) is 2.11. The summed E-state index contributed by atoms with van der Waals surface area (Å²) in [6.45, 7) is 0. The van der Waals surface area contributed by atoms with Crippen molar-refractivity contribution in [2.45, 2.75) is 18.9 Å². The highest BCUT2D eigenvalue weighted by atomic mass is 16.6. The molecule has 90 valence electrons. The molecule has 0 bridgehead atoms. The van der Waals surface area contributed by atoms with Crippen molar-refractivity contribution in [3.63, 3.8) is 0 Å². The number of methoxy groups -OCH3 is 1. The zero-order valence-electron chi connectivity index (χ0n) is 9.16. The molecule has 0 aromatic carbocycles.